The molecule has 1 amide bonds. The van der Waals surface area contributed by atoms with E-state index in [4.69, 9.17) is 5.41 Å². The Bertz CT molecular complexity index is 341. The van der Waals surface area contributed by atoms with Crippen LogP contribution in [0.4, 0.5) is 0 Å². The second-order valence-corrected chi connectivity index (χ2v) is 2.68. The average Bonchev–Trinajstić information content (AvgIpc) is 1.99. The van der Waals surface area contributed by atoms with Crippen molar-refractivity contribution in [1.82, 2.24) is 5.32 Å². The number of carbonyl (C=O) groups excluding carboxylic acids is 3. The first kappa shape index (κ1) is 9.31. The molecule has 0 radical (unpaired) electrons. The summed E-state index contributed by atoms with van der Waals surface area (Å²) < 4.78 is 0. The molecule has 0 saturated carbocycles. The minimum absolute atomic E-state index is 0.0199. The molecule has 1 aliphatic rings. The van der Waals surface area contributed by atoms with E-state index < -0.39 is 17.5 Å². The molecule has 0 spiro atoms. The predicted molar refractivity (Wildman–Crippen MR) is 44.3 cm³/mol. The van der Waals surface area contributed by atoms with E-state index in [9.17, 15) is 14.4 Å². The molecule has 0 aromatic rings. The molecule has 5 nitrogen and oxygen atoms in total. The third kappa shape index (κ3) is 2.08. The fraction of sp³-hybridized carbons (Fsp3) is 0.250. The van der Waals surface area contributed by atoms with Gasteiger partial charge in [0.25, 0.3) is 0 Å². The second-order valence-electron chi connectivity index (χ2n) is 2.68. The summed E-state index contributed by atoms with van der Waals surface area (Å²) in [5.41, 5.74) is -0.257. The molecule has 0 bridgehead atoms. The van der Waals surface area contributed by atoms with Crippen LogP contribution in [-0.4, -0.2) is 23.2 Å². The molecule has 0 atom stereocenters. The van der Waals surface area contributed by atoms with E-state index in [2.05, 4.69) is 5.32 Å². The minimum Gasteiger partial charge on any atom is -0.323 e. The van der Waals surface area contributed by atoms with Gasteiger partial charge in [0.1, 0.15) is 0 Å². The van der Waals surface area contributed by atoms with Crippen molar-refractivity contribution in [1.29, 1.82) is 5.41 Å². The van der Waals surface area contributed by atoms with Crippen LogP contribution in [0.1, 0.15) is 13.3 Å². The maximum Gasteiger partial charge on any atom is 0.221 e. The zero-order valence-corrected chi connectivity index (χ0v) is 7.01. The lowest BCUT2D eigenvalue weighted by Crippen LogP contribution is -2.32. The number of hydrogen-bond acceptors (Lipinski definition) is 4. The van der Waals surface area contributed by atoms with Crippen LogP contribution >= 0.6 is 0 Å². The highest BCUT2D eigenvalue weighted by atomic mass is 16.2. The summed E-state index contributed by atoms with van der Waals surface area (Å²) in [5, 5.41) is 9.31. The van der Waals surface area contributed by atoms with Crippen LogP contribution < -0.4 is 5.32 Å². The van der Waals surface area contributed by atoms with Gasteiger partial charge < -0.3 is 10.7 Å². The molecule has 0 saturated heterocycles. The van der Waals surface area contributed by atoms with Gasteiger partial charge in [0.05, 0.1) is 17.8 Å². The number of ketones is 2. The molecular formula is C8H8N2O3. The van der Waals surface area contributed by atoms with Gasteiger partial charge in [-0.2, -0.15) is 0 Å². The third-order valence-electron chi connectivity index (χ3n) is 1.52. The molecule has 0 fully saturated rings. The van der Waals surface area contributed by atoms with E-state index in [1.165, 1.54) is 6.92 Å². The van der Waals surface area contributed by atoms with Gasteiger partial charge in [-0.05, 0) is 0 Å². The number of allylic oxidation sites excluding steroid dienone is 2. The lowest BCUT2D eigenvalue weighted by Gasteiger charge is -2.11. The van der Waals surface area contributed by atoms with E-state index in [-0.39, 0.29) is 17.8 Å². The average molecular weight is 180 g/mol. The van der Waals surface area contributed by atoms with Crippen LogP contribution in [0.5, 0.6) is 0 Å². The molecule has 68 valence electrons. The number of rotatable bonds is 1. The SMILES string of the molecule is CC(=O)NC1=CC(=O)C(=N)CC1=O. The molecule has 0 aromatic carbocycles. The molecule has 13 heavy (non-hydrogen) atoms. The highest BCUT2D eigenvalue weighted by molar-refractivity contribution is 6.49. The Morgan fingerprint density at radius 2 is 2.15 bits per heavy atom. The summed E-state index contributed by atoms with van der Waals surface area (Å²) >= 11 is 0. The van der Waals surface area contributed by atoms with Crippen molar-refractivity contribution >= 4 is 23.2 Å². The second kappa shape index (κ2) is 3.30. The van der Waals surface area contributed by atoms with Crippen LogP contribution in [0.2, 0.25) is 0 Å². The Labute approximate surface area is 74.3 Å². The summed E-state index contributed by atoms with van der Waals surface area (Å²) in [5.74, 6) is -1.33. The van der Waals surface area contributed by atoms with Crippen LogP contribution in [0.3, 0.4) is 0 Å². The van der Waals surface area contributed by atoms with Gasteiger partial charge in [-0.15, -0.1) is 0 Å². The maximum atomic E-state index is 11.1. The number of hydrogen-bond donors (Lipinski definition) is 2. The van der Waals surface area contributed by atoms with Crippen LogP contribution in [0.15, 0.2) is 11.8 Å². The predicted octanol–water partition coefficient (Wildman–Crippen LogP) is -0.432. The van der Waals surface area contributed by atoms with Gasteiger partial charge in [0.15, 0.2) is 5.78 Å². The smallest absolute Gasteiger partial charge is 0.221 e. The molecule has 0 aliphatic heterocycles. The highest BCUT2D eigenvalue weighted by Crippen LogP contribution is 2.06. The van der Waals surface area contributed by atoms with Crippen molar-refractivity contribution in [2.75, 3.05) is 0 Å². The molecule has 0 heterocycles. The third-order valence-corrected chi connectivity index (χ3v) is 1.52. The first-order chi connectivity index (χ1) is 6.00. The van der Waals surface area contributed by atoms with Crippen molar-refractivity contribution in [2.24, 2.45) is 0 Å². The largest absolute Gasteiger partial charge is 0.323 e. The molecule has 0 unspecified atom stereocenters. The Balaban J connectivity index is 2.90. The lowest BCUT2D eigenvalue weighted by atomic mass is 10.0. The summed E-state index contributed by atoms with van der Waals surface area (Å²) in [6.45, 7) is 1.25. The molecule has 1 rings (SSSR count). The van der Waals surface area contributed by atoms with E-state index in [1.54, 1.807) is 0 Å². The first-order valence-electron chi connectivity index (χ1n) is 3.65. The molecule has 0 aromatic heterocycles. The number of Topliss-reactive ketones (excluding diaryl/α,β-unsaturated/α-hetero) is 1. The normalized spacial score (nSPS) is 17.0. The zero-order valence-electron chi connectivity index (χ0n) is 7.01. The quantitative estimate of drug-likeness (QED) is 0.573. The Kier molecular flexibility index (Phi) is 2.36. The topological polar surface area (TPSA) is 87.1 Å². The van der Waals surface area contributed by atoms with Crippen molar-refractivity contribution in [2.45, 2.75) is 13.3 Å². The fourth-order valence-electron chi connectivity index (χ4n) is 0.937. The lowest BCUT2D eigenvalue weighted by molar-refractivity contribution is -0.121. The molecular weight excluding hydrogens is 172 g/mol. The summed E-state index contributed by atoms with van der Waals surface area (Å²) in [6.07, 6.45) is 0.751. The molecule has 2 N–H and O–H groups in total. The number of nitrogens with one attached hydrogen (secondary N) is 2. The van der Waals surface area contributed by atoms with Crippen molar-refractivity contribution in [3.8, 4) is 0 Å². The molecule has 1 aliphatic carbocycles. The van der Waals surface area contributed by atoms with E-state index >= 15 is 0 Å². The zero-order chi connectivity index (χ0) is 10.0. The van der Waals surface area contributed by atoms with E-state index in [0.29, 0.717) is 0 Å². The monoisotopic (exact) mass is 180 g/mol. The van der Waals surface area contributed by atoms with Gasteiger partial charge in [-0.3, -0.25) is 14.4 Å². The van der Waals surface area contributed by atoms with Gasteiger partial charge >= 0.3 is 0 Å². The molecule has 5 heteroatoms. The van der Waals surface area contributed by atoms with Crippen molar-refractivity contribution in [3.63, 3.8) is 0 Å². The summed E-state index contributed by atoms with van der Waals surface area (Å²) in [4.78, 5) is 32.6. The van der Waals surface area contributed by atoms with Crippen LogP contribution in [0.25, 0.3) is 0 Å². The maximum absolute atomic E-state index is 11.1. The van der Waals surface area contributed by atoms with Gasteiger partial charge in [0, 0.05) is 13.0 Å². The highest BCUT2D eigenvalue weighted by Gasteiger charge is 2.23. The minimum atomic E-state index is -0.525. The fourth-order valence-corrected chi connectivity index (χ4v) is 0.937. The van der Waals surface area contributed by atoms with Gasteiger partial charge in [-0.25, -0.2) is 0 Å². The standard InChI is InChI=1S/C8H8N2O3/c1-4(11)10-6-3-7(12)5(9)2-8(6)13/h3,9H,2H2,1H3,(H,10,11). The van der Waals surface area contributed by atoms with Gasteiger partial charge in [0.2, 0.25) is 11.7 Å². The summed E-state index contributed by atoms with van der Waals surface area (Å²) in [6, 6.07) is 0. The Morgan fingerprint density at radius 1 is 1.54 bits per heavy atom. The Morgan fingerprint density at radius 3 is 2.69 bits per heavy atom. The van der Waals surface area contributed by atoms with Gasteiger partial charge in [-0.1, -0.05) is 0 Å². The van der Waals surface area contributed by atoms with E-state index in [1.807, 2.05) is 0 Å². The van der Waals surface area contributed by atoms with Crippen LogP contribution in [-0.2, 0) is 14.4 Å². The van der Waals surface area contributed by atoms with E-state index in [0.717, 1.165) is 6.08 Å². The number of amides is 1. The van der Waals surface area contributed by atoms with Crippen LogP contribution in [0, 0.1) is 5.41 Å². The number of carbonyl (C=O) groups is 3. The summed E-state index contributed by atoms with van der Waals surface area (Å²) in [7, 11) is 0. The van der Waals surface area contributed by atoms with Crippen molar-refractivity contribution in [3.05, 3.63) is 11.8 Å². The Hall–Kier alpha value is -1.78. The first-order valence-corrected chi connectivity index (χ1v) is 3.65. The van der Waals surface area contributed by atoms with Crippen molar-refractivity contribution < 1.29 is 14.4 Å².